The zero-order chi connectivity index (χ0) is 15.2. The monoisotopic (exact) mass is 280 g/mol. The number of carbonyl (C=O) groups excluding carboxylic acids is 1. The molecule has 0 aromatic heterocycles. The van der Waals surface area contributed by atoms with E-state index in [4.69, 9.17) is 15.2 Å². The van der Waals surface area contributed by atoms with Crippen molar-refractivity contribution in [2.45, 2.75) is 32.7 Å². The molecule has 0 fully saturated rings. The molecular formula is C15H24N2O3. The van der Waals surface area contributed by atoms with Crippen LogP contribution in [0.5, 0.6) is 11.5 Å². The molecule has 20 heavy (non-hydrogen) atoms. The molecule has 0 unspecified atom stereocenters. The van der Waals surface area contributed by atoms with E-state index in [0.717, 1.165) is 11.3 Å². The maximum absolute atomic E-state index is 11.7. The number of carbonyl (C=O) groups is 1. The third-order valence-electron chi connectivity index (χ3n) is 2.55. The Kier molecular flexibility index (Phi) is 5.82. The average molecular weight is 280 g/mol. The Morgan fingerprint density at radius 1 is 1.35 bits per heavy atom. The summed E-state index contributed by atoms with van der Waals surface area (Å²) in [6.45, 7) is 6.29. The van der Waals surface area contributed by atoms with E-state index in [9.17, 15) is 4.79 Å². The van der Waals surface area contributed by atoms with Gasteiger partial charge in [-0.2, -0.15) is 0 Å². The highest BCUT2D eigenvalue weighted by atomic mass is 16.5. The predicted octanol–water partition coefficient (Wildman–Crippen LogP) is 1.49. The third kappa shape index (κ3) is 5.48. The van der Waals surface area contributed by atoms with Crippen molar-refractivity contribution in [1.82, 2.24) is 5.32 Å². The second-order valence-electron chi connectivity index (χ2n) is 5.60. The molecule has 0 heterocycles. The minimum absolute atomic E-state index is 0.0127. The lowest BCUT2D eigenvalue weighted by Gasteiger charge is -2.21. The van der Waals surface area contributed by atoms with Gasteiger partial charge in [-0.3, -0.25) is 4.79 Å². The van der Waals surface area contributed by atoms with E-state index in [1.807, 2.05) is 26.8 Å². The van der Waals surface area contributed by atoms with Crippen LogP contribution in [0.15, 0.2) is 18.2 Å². The zero-order valence-electron chi connectivity index (χ0n) is 12.7. The van der Waals surface area contributed by atoms with Crippen LogP contribution in [-0.4, -0.2) is 31.7 Å². The second kappa shape index (κ2) is 7.14. The van der Waals surface area contributed by atoms with Crippen LogP contribution in [0, 0.1) is 0 Å². The van der Waals surface area contributed by atoms with Crippen LogP contribution in [0.3, 0.4) is 0 Å². The molecule has 0 bridgehead atoms. The van der Waals surface area contributed by atoms with Crippen LogP contribution < -0.4 is 20.5 Å². The van der Waals surface area contributed by atoms with Gasteiger partial charge in [-0.15, -0.1) is 0 Å². The van der Waals surface area contributed by atoms with Crippen LogP contribution in [0.1, 0.15) is 26.3 Å². The molecule has 0 aliphatic heterocycles. The van der Waals surface area contributed by atoms with Gasteiger partial charge in [0.15, 0.2) is 6.61 Å². The van der Waals surface area contributed by atoms with Crippen LogP contribution in [-0.2, 0) is 11.2 Å². The molecule has 0 saturated heterocycles. The summed E-state index contributed by atoms with van der Waals surface area (Å²) in [7, 11) is 1.61. The lowest BCUT2D eigenvalue weighted by atomic mass is 10.1. The first-order chi connectivity index (χ1) is 9.35. The summed E-state index contributed by atoms with van der Waals surface area (Å²) >= 11 is 0. The van der Waals surface area contributed by atoms with Gasteiger partial charge in [-0.1, -0.05) is 0 Å². The summed E-state index contributed by atoms with van der Waals surface area (Å²) in [4.78, 5) is 11.7. The Balaban J connectivity index is 2.69. The molecule has 0 atom stereocenters. The second-order valence-corrected chi connectivity index (χ2v) is 5.60. The first-order valence-corrected chi connectivity index (χ1v) is 6.66. The molecular weight excluding hydrogens is 256 g/mol. The predicted molar refractivity (Wildman–Crippen MR) is 79.1 cm³/mol. The molecule has 1 aromatic rings. The van der Waals surface area contributed by atoms with E-state index in [1.54, 1.807) is 19.2 Å². The van der Waals surface area contributed by atoms with Crippen molar-refractivity contribution in [1.29, 1.82) is 0 Å². The standard InChI is InChI=1S/C15H24N2O3/c1-15(2,3)17-14(18)10-20-13-6-5-12(19-4)9-11(13)7-8-16/h5-6,9H,7-8,10,16H2,1-4H3,(H,17,18). The molecule has 0 spiro atoms. The molecule has 0 radical (unpaired) electrons. The van der Waals surface area contributed by atoms with Gasteiger partial charge in [-0.25, -0.2) is 0 Å². The lowest BCUT2D eigenvalue weighted by Crippen LogP contribution is -2.43. The summed E-state index contributed by atoms with van der Waals surface area (Å²) in [5.41, 5.74) is 6.26. The third-order valence-corrected chi connectivity index (χ3v) is 2.55. The highest BCUT2D eigenvalue weighted by Gasteiger charge is 2.14. The molecule has 1 amide bonds. The number of ether oxygens (including phenoxy) is 2. The molecule has 112 valence electrons. The largest absolute Gasteiger partial charge is 0.497 e. The fourth-order valence-corrected chi connectivity index (χ4v) is 1.77. The van der Waals surface area contributed by atoms with E-state index in [-0.39, 0.29) is 18.1 Å². The Labute approximate surface area is 120 Å². The topological polar surface area (TPSA) is 73.6 Å². The number of hydrogen-bond donors (Lipinski definition) is 2. The fourth-order valence-electron chi connectivity index (χ4n) is 1.77. The van der Waals surface area contributed by atoms with Crippen LogP contribution in [0.2, 0.25) is 0 Å². The summed E-state index contributed by atoms with van der Waals surface area (Å²) < 4.78 is 10.7. The first-order valence-electron chi connectivity index (χ1n) is 6.66. The fraction of sp³-hybridized carbons (Fsp3) is 0.533. The summed E-state index contributed by atoms with van der Waals surface area (Å²) in [6.07, 6.45) is 0.674. The Bertz CT molecular complexity index is 453. The molecule has 1 aromatic carbocycles. The van der Waals surface area contributed by atoms with Crippen molar-refractivity contribution in [3.63, 3.8) is 0 Å². The van der Waals surface area contributed by atoms with Gasteiger partial charge in [0, 0.05) is 5.54 Å². The van der Waals surface area contributed by atoms with E-state index in [1.165, 1.54) is 0 Å². The Hall–Kier alpha value is -1.75. The van der Waals surface area contributed by atoms with Crippen molar-refractivity contribution in [3.05, 3.63) is 23.8 Å². The van der Waals surface area contributed by atoms with E-state index in [2.05, 4.69) is 5.32 Å². The molecule has 5 heteroatoms. The smallest absolute Gasteiger partial charge is 0.258 e. The minimum atomic E-state index is -0.263. The van der Waals surface area contributed by atoms with Crippen molar-refractivity contribution in [3.8, 4) is 11.5 Å². The maximum Gasteiger partial charge on any atom is 0.258 e. The van der Waals surface area contributed by atoms with Gasteiger partial charge in [0.05, 0.1) is 7.11 Å². The first kappa shape index (κ1) is 16.3. The van der Waals surface area contributed by atoms with E-state index >= 15 is 0 Å². The van der Waals surface area contributed by atoms with E-state index in [0.29, 0.717) is 18.7 Å². The van der Waals surface area contributed by atoms with Crippen LogP contribution in [0.25, 0.3) is 0 Å². The number of nitrogens with two attached hydrogens (primary N) is 1. The maximum atomic E-state index is 11.7. The molecule has 5 nitrogen and oxygen atoms in total. The zero-order valence-corrected chi connectivity index (χ0v) is 12.7. The Morgan fingerprint density at radius 2 is 2.05 bits per heavy atom. The SMILES string of the molecule is COc1ccc(OCC(=O)NC(C)(C)C)c(CCN)c1. The van der Waals surface area contributed by atoms with Gasteiger partial charge in [0.1, 0.15) is 11.5 Å². The van der Waals surface area contributed by atoms with Crippen molar-refractivity contribution in [2.24, 2.45) is 5.73 Å². The molecule has 3 N–H and O–H groups in total. The number of amides is 1. The number of nitrogens with one attached hydrogen (secondary N) is 1. The molecule has 0 aliphatic rings. The normalized spacial score (nSPS) is 11.1. The van der Waals surface area contributed by atoms with Crippen molar-refractivity contribution in [2.75, 3.05) is 20.3 Å². The molecule has 0 aliphatic carbocycles. The number of methoxy groups -OCH3 is 1. The minimum Gasteiger partial charge on any atom is -0.497 e. The van der Waals surface area contributed by atoms with Crippen LogP contribution in [0.4, 0.5) is 0 Å². The lowest BCUT2D eigenvalue weighted by molar-refractivity contribution is -0.124. The van der Waals surface area contributed by atoms with Crippen LogP contribution >= 0.6 is 0 Å². The van der Waals surface area contributed by atoms with Crippen molar-refractivity contribution >= 4 is 5.91 Å². The van der Waals surface area contributed by atoms with Gasteiger partial charge in [-0.05, 0) is 57.5 Å². The summed E-state index contributed by atoms with van der Waals surface area (Å²) in [6, 6.07) is 5.48. The van der Waals surface area contributed by atoms with Gasteiger partial charge in [0.25, 0.3) is 5.91 Å². The highest BCUT2D eigenvalue weighted by molar-refractivity contribution is 5.78. The molecule has 0 saturated carbocycles. The number of benzene rings is 1. The number of rotatable bonds is 6. The van der Waals surface area contributed by atoms with Gasteiger partial charge < -0.3 is 20.5 Å². The van der Waals surface area contributed by atoms with Gasteiger partial charge >= 0.3 is 0 Å². The van der Waals surface area contributed by atoms with Crippen molar-refractivity contribution < 1.29 is 14.3 Å². The average Bonchev–Trinajstić information content (AvgIpc) is 2.35. The quantitative estimate of drug-likeness (QED) is 0.828. The highest BCUT2D eigenvalue weighted by Crippen LogP contribution is 2.24. The van der Waals surface area contributed by atoms with E-state index < -0.39 is 0 Å². The summed E-state index contributed by atoms with van der Waals surface area (Å²) in [5, 5.41) is 2.85. The summed E-state index contributed by atoms with van der Waals surface area (Å²) in [5.74, 6) is 1.27. The Morgan fingerprint density at radius 3 is 2.60 bits per heavy atom. The number of hydrogen-bond acceptors (Lipinski definition) is 4. The van der Waals surface area contributed by atoms with Gasteiger partial charge in [0.2, 0.25) is 0 Å². The molecule has 1 rings (SSSR count).